The van der Waals surface area contributed by atoms with Crippen LogP contribution in [0.4, 0.5) is 5.69 Å². The van der Waals surface area contributed by atoms with Crippen molar-refractivity contribution in [2.45, 2.75) is 32.2 Å². The Kier molecular flexibility index (Phi) is 2.18. The predicted molar refractivity (Wildman–Crippen MR) is 67.6 cm³/mol. The van der Waals surface area contributed by atoms with Gasteiger partial charge in [0, 0.05) is 18.3 Å². The van der Waals surface area contributed by atoms with Gasteiger partial charge in [-0.25, -0.2) is 0 Å². The van der Waals surface area contributed by atoms with Crippen LogP contribution < -0.4 is 5.73 Å². The van der Waals surface area contributed by atoms with E-state index in [1.807, 2.05) is 23.1 Å². The highest BCUT2D eigenvalue weighted by Gasteiger charge is 2.51. The number of anilines is 1. The Hall–Kier alpha value is -1.51. The number of carbonyl (C=O) groups excluding carboxylic acids is 1. The molecule has 1 aliphatic heterocycles. The van der Waals surface area contributed by atoms with Crippen molar-refractivity contribution in [3.05, 3.63) is 29.8 Å². The van der Waals surface area contributed by atoms with Crippen molar-refractivity contribution in [3.63, 3.8) is 0 Å². The number of hydrogen-bond donors (Lipinski definition) is 1. The van der Waals surface area contributed by atoms with Gasteiger partial charge in [-0.3, -0.25) is 4.79 Å². The highest BCUT2D eigenvalue weighted by Crippen LogP contribution is 2.54. The highest BCUT2D eigenvalue weighted by atomic mass is 16.2. The van der Waals surface area contributed by atoms with Crippen molar-refractivity contribution < 1.29 is 4.79 Å². The van der Waals surface area contributed by atoms with Crippen LogP contribution in [-0.2, 0) is 0 Å². The third-order valence-corrected chi connectivity index (χ3v) is 4.18. The van der Waals surface area contributed by atoms with Crippen LogP contribution in [0.3, 0.4) is 0 Å². The second kappa shape index (κ2) is 3.49. The maximum absolute atomic E-state index is 12.4. The first-order chi connectivity index (χ1) is 8.11. The average molecular weight is 230 g/mol. The maximum Gasteiger partial charge on any atom is 0.256 e. The number of amides is 1. The summed E-state index contributed by atoms with van der Waals surface area (Å²) < 4.78 is 0. The molecule has 1 atom stereocenters. The molecule has 1 saturated heterocycles. The standard InChI is InChI=1S/C14H18N2O/c1-10-8-14(6-7-14)9-16(10)13(17)11-4-2-3-5-12(11)15/h2-5,10H,6-9,15H2,1H3/t10-/m1/s1. The first-order valence-corrected chi connectivity index (χ1v) is 6.27. The van der Waals surface area contributed by atoms with E-state index in [0.29, 0.717) is 22.7 Å². The van der Waals surface area contributed by atoms with Gasteiger partial charge in [0.25, 0.3) is 5.91 Å². The number of para-hydroxylation sites is 1. The van der Waals surface area contributed by atoms with Gasteiger partial charge in [-0.05, 0) is 43.7 Å². The van der Waals surface area contributed by atoms with E-state index in [4.69, 9.17) is 5.73 Å². The molecule has 2 fully saturated rings. The number of nitrogens with zero attached hydrogens (tertiary/aromatic N) is 1. The van der Waals surface area contributed by atoms with Crippen LogP contribution in [0.1, 0.15) is 36.5 Å². The van der Waals surface area contributed by atoms with Gasteiger partial charge < -0.3 is 10.6 Å². The normalized spacial score (nSPS) is 25.2. The molecule has 1 aromatic rings. The molecule has 1 aliphatic carbocycles. The summed E-state index contributed by atoms with van der Waals surface area (Å²) in [6.07, 6.45) is 3.72. The molecule has 1 spiro atoms. The monoisotopic (exact) mass is 230 g/mol. The fraction of sp³-hybridized carbons (Fsp3) is 0.500. The van der Waals surface area contributed by atoms with E-state index in [0.717, 1.165) is 13.0 Å². The molecule has 2 aliphatic rings. The second-order valence-corrected chi connectivity index (χ2v) is 5.57. The fourth-order valence-corrected chi connectivity index (χ4v) is 2.98. The molecule has 1 saturated carbocycles. The van der Waals surface area contributed by atoms with Crippen molar-refractivity contribution >= 4 is 11.6 Å². The number of nitrogen functional groups attached to an aromatic ring is 1. The number of rotatable bonds is 1. The smallest absolute Gasteiger partial charge is 0.256 e. The Morgan fingerprint density at radius 3 is 2.71 bits per heavy atom. The minimum Gasteiger partial charge on any atom is -0.398 e. The molecule has 1 aromatic carbocycles. The summed E-state index contributed by atoms with van der Waals surface area (Å²) in [6, 6.07) is 7.70. The highest BCUT2D eigenvalue weighted by molar-refractivity contribution is 5.99. The first-order valence-electron chi connectivity index (χ1n) is 6.27. The van der Waals surface area contributed by atoms with E-state index in [-0.39, 0.29) is 5.91 Å². The van der Waals surface area contributed by atoms with E-state index < -0.39 is 0 Å². The van der Waals surface area contributed by atoms with Crippen molar-refractivity contribution in [1.29, 1.82) is 0 Å². The van der Waals surface area contributed by atoms with E-state index in [1.54, 1.807) is 6.07 Å². The van der Waals surface area contributed by atoms with Gasteiger partial charge in [0.2, 0.25) is 0 Å². The van der Waals surface area contributed by atoms with Crippen LogP contribution in [0.25, 0.3) is 0 Å². The lowest BCUT2D eigenvalue weighted by Gasteiger charge is -2.22. The van der Waals surface area contributed by atoms with Gasteiger partial charge in [-0.15, -0.1) is 0 Å². The molecular weight excluding hydrogens is 212 g/mol. The van der Waals surface area contributed by atoms with Crippen LogP contribution in [0.2, 0.25) is 0 Å². The Morgan fingerprint density at radius 1 is 1.41 bits per heavy atom. The third kappa shape index (κ3) is 1.70. The molecule has 90 valence electrons. The summed E-state index contributed by atoms with van der Waals surface area (Å²) in [7, 11) is 0. The summed E-state index contributed by atoms with van der Waals surface area (Å²) >= 11 is 0. The molecular formula is C14H18N2O. The van der Waals surface area contributed by atoms with Crippen LogP contribution >= 0.6 is 0 Å². The van der Waals surface area contributed by atoms with Crippen LogP contribution in [-0.4, -0.2) is 23.4 Å². The maximum atomic E-state index is 12.4. The van der Waals surface area contributed by atoms with Crippen LogP contribution in [0, 0.1) is 5.41 Å². The largest absolute Gasteiger partial charge is 0.398 e. The van der Waals surface area contributed by atoms with Gasteiger partial charge >= 0.3 is 0 Å². The minimum absolute atomic E-state index is 0.0966. The number of hydrogen-bond acceptors (Lipinski definition) is 2. The summed E-state index contributed by atoms with van der Waals surface area (Å²) in [5.74, 6) is 0.0966. The van der Waals surface area contributed by atoms with Crippen molar-refractivity contribution in [3.8, 4) is 0 Å². The molecule has 3 heteroatoms. The lowest BCUT2D eigenvalue weighted by atomic mass is 10.0. The van der Waals surface area contributed by atoms with E-state index >= 15 is 0 Å². The Bertz CT molecular complexity index is 465. The Morgan fingerprint density at radius 2 is 2.12 bits per heavy atom. The topological polar surface area (TPSA) is 46.3 Å². The quantitative estimate of drug-likeness (QED) is 0.752. The first kappa shape index (κ1) is 10.6. The predicted octanol–water partition coefficient (Wildman–Crippen LogP) is 2.28. The summed E-state index contributed by atoms with van der Waals surface area (Å²) in [5, 5.41) is 0. The van der Waals surface area contributed by atoms with Crippen molar-refractivity contribution in [2.24, 2.45) is 5.41 Å². The van der Waals surface area contributed by atoms with Gasteiger partial charge in [0.1, 0.15) is 0 Å². The summed E-state index contributed by atoms with van der Waals surface area (Å²) in [5.41, 5.74) is 7.56. The second-order valence-electron chi connectivity index (χ2n) is 5.57. The SMILES string of the molecule is C[C@@H]1CC2(CC2)CN1C(=O)c1ccccc1N. The summed E-state index contributed by atoms with van der Waals surface area (Å²) in [6.45, 7) is 3.06. The average Bonchev–Trinajstić information content (AvgIpc) is 2.96. The van der Waals surface area contributed by atoms with Gasteiger partial charge in [0.05, 0.1) is 5.56 Å². The zero-order chi connectivity index (χ0) is 12.0. The van der Waals surface area contributed by atoms with E-state index in [2.05, 4.69) is 6.92 Å². The molecule has 3 nitrogen and oxygen atoms in total. The molecule has 0 bridgehead atoms. The van der Waals surface area contributed by atoms with Gasteiger partial charge in [0.15, 0.2) is 0 Å². The molecule has 0 aromatic heterocycles. The Balaban J connectivity index is 1.85. The summed E-state index contributed by atoms with van der Waals surface area (Å²) in [4.78, 5) is 14.4. The van der Waals surface area contributed by atoms with Crippen LogP contribution in [0.15, 0.2) is 24.3 Å². The van der Waals surface area contributed by atoms with Crippen LogP contribution in [0.5, 0.6) is 0 Å². The number of carbonyl (C=O) groups is 1. The lowest BCUT2D eigenvalue weighted by Crippen LogP contribution is -2.34. The van der Waals surface area contributed by atoms with Crippen molar-refractivity contribution in [2.75, 3.05) is 12.3 Å². The van der Waals surface area contributed by atoms with Crippen molar-refractivity contribution in [1.82, 2.24) is 4.90 Å². The number of benzene rings is 1. The number of nitrogens with two attached hydrogens (primary N) is 1. The molecule has 17 heavy (non-hydrogen) atoms. The Labute approximate surface area is 102 Å². The van der Waals surface area contributed by atoms with E-state index in [1.165, 1.54) is 12.8 Å². The number of likely N-dealkylation sites (tertiary alicyclic amines) is 1. The fourth-order valence-electron chi connectivity index (χ4n) is 2.98. The molecule has 2 N–H and O–H groups in total. The molecule has 0 radical (unpaired) electrons. The molecule has 1 heterocycles. The molecule has 3 rings (SSSR count). The lowest BCUT2D eigenvalue weighted by molar-refractivity contribution is 0.0742. The third-order valence-electron chi connectivity index (χ3n) is 4.18. The van der Waals surface area contributed by atoms with Gasteiger partial charge in [-0.2, -0.15) is 0 Å². The zero-order valence-electron chi connectivity index (χ0n) is 10.1. The van der Waals surface area contributed by atoms with Gasteiger partial charge in [-0.1, -0.05) is 12.1 Å². The minimum atomic E-state index is 0.0966. The van der Waals surface area contributed by atoms with E-state index in [9.17, 15) is 4.79 Å². The zero-order valence-corrected chi connectivity index (χ0v) is 10.1. The molecule has 0 unspecified atom stereocenters. The molecule has 1 amide bonds.